The van der Waals surface area contributed by atoms with Gasteiger partial charge in [0.05, 0.1) is 0 Å². The van der Waals surface area contributed by atoms with Crippen LogP contribution in [-0.2, 0) is 0 Å². The van der Waals surface area contributed by atoms with Crippen LogP contribution in [0.25, 0.3) is 6.08 Å². The predicted molar refractivity (Wildman–Crippen MR) is 83.6 cm³/mol. The van der Waals surface area contributed by atoms with Crippen LogP contribution in [0.4, 0.5) is 0 Å². The van der Waals surface area contributed by atoms with Crippen molar-refractivity contribution in [3.8, 4) is 5.75 Å². The molecule has 0 bridgehead atoms. The van der Waals surface area contributed by atoms with E-state index in [2.05, 4.69) is 38.2 Å². The summed E-state index contributed by atoms with van der Waals surface area (Å²) in [4.78, 5) is 0. The van der Waals surface area contributed by atoms with Gasteiger partial charge < -0.3 is 10.1 Å². The normalized spacial score (nSPS) is 13.1. The highest BCUT2D eigenvalue weighted by atomic mass is 16.5. The Hall–Kier alpha value is -1.28. The van der Waals surface area contributed by atoms with Crippen molar-refractivity contribution in [1.29, 1.82) is 0 Å². The number of benzene rings is 1. The minimum atomic E-state index is 0.235. The van der Waals surface area contributed by atoms with Gasteiger partial charge in [-0.05, 0) is 19.4 Å². The van der Waals surface area contributed by atoms with Crippen LogP contribution in [0.2, 0.25) is 0 Å². The molecule has 0 aromatic heterocycles. The van der Waals surface area contributed by atoms with Gasteiger partial charge in [0, 0.05) is 18.2 Å². The molecule has 1 unspecified atom stereocenters. The van der Waals surface area contributed by atoms with Gasteiger partial charge in [0.1, 0.15) is 11.9 Å². The lowest BCUT2D eigenvalue weighted by molar-refractivity contribution is 0.183. The zero-order valence-corrected chi connectivity index (χ0v) is 12.6. The summed E-state index contributed by atoms with van der Waals surface area (Å²) in [5.41, 5.74) is 1.15. The van der Waals surface area contributed by atoms with Crippen LogP contribution >= 0.6 is 0 Å². The third kappa shape index (κ3) is 5.93. The first-order chi connectivity index (χ1) is 9.17. The van der Waals surface area contributed by atoms with Crippen molar-refractivity contribution in [1.82, 2.24) is 5.32 Å². The van der Waals surface area contributed by atoms with Crippen molar-refractivity contribution in [2.24, 2.45) is 0 Å². The predicted octanol–water partition coefficient (Wildman–Crippen LogP) is 4.27. The lowest BCUT2D eigenvalue weighted by Gasteiger charge is -2.21. The summed E-state index contributed by atoms with van der Waals surface area (Å²) >= 11 is 0. The molecule has 19 heavy (non-hydrogen) atoms. The van der Waals surface area contributed by atoms with Crippen LogP contribution in [0.1, 0.15) is 46.1 Å². The summed E-state index contributed by atoms with van der Waals surface area (Å²) in [5.74, 6) is 0.976. The number of ether oxygens (including phenoxy) is 1. The van der Waals surface area contributed by atoms with Gasteiger partial charge in [-0.2, -0.15) is 0 Å². The average molecular weight is 261 g/mol. The summed E-state index contributed by atoms with van der Waals surface area (Å²) in [7, 11) is 0. The number of nitrogens with one attached hydrogen (secondary N) is 1. The summed E-state index contributed by atoms with van der Waals surface area (Å²) < 4.78 is 6.18. The van der Waals surface area contributed by atoms with Gasteiger partial charge in [-0.1, -0.05) is 57.5 Å². The molecule has 0 saturated heterocycles. The topological polar surface area (TPSA) is 21.3 Å². The molecule has 1 aromatic rings. The first-order valence-electron chi connectivity index (χ1n) is 7.29. The Morgan fingerprint density at radius 2 is 2.00 bits per heavy atom. The number of hydrogen-bond donors (Lipinski definition) is 1. The minimum absolute atomic E-state index is 0.235. The van der Waals surface area contributed by atoms with E-state index >= 15 is 0 Å². The highest BCUT2D eigenvalue weighted by Gasteiger charge is 2.11. The molecule has 2 heteroatoms. The third-order valence-corrected chi connectivity index (χ3v) is 2.92. The molecule has 0 fully saturated rings. The van der Waals surface area contributed by atoms with E-state index < -0.39 is 0 Å². The highest BCUT2D eigenvalue weighted by molar-refractivity contribution is 5.56. The van der Waals surface area contributed by atoms with E-state index in [0.29, 0.717) is 6.04 Å². The van der Waals surface area contributed by atoms with Gasteiger partial charge in [-0.3, -0.25) is 0 Å². The Balaban J connectivity index is 2.72. The third-order valence-electron chi connectivity index (χ3n) is 2.92. The van der Waals surface area contributed by atoms with Crippen LogP contribution in [0, 0.1) is 0 Å². The lowest BCUT2D eigenvalue weighted by Crippen LogP contribution is -2.35. The number of para-hydroxylation sites is 1. The second kappa shape index (κ2) is 8.76. The highest BCUT2D eigenvalue weighted by Crippen LogP contribution is 2.21. The summed E-state index contributed by atoms with van der Waals surface area (Å²) in [6.45, 7) is 9.45. The molecule has 0 radical (unpaired) electrons. The molecule has 106 valence electrons. The molecule has 1 N–H and O–H groups in total. The SMILES string of the molecule is C/C=C/c1ccccc1OC(CCC)CNC(C)C. The zero-order valence-electron chi connectivity index (χ0n) is 12.6. The van der Waals surface area contributed by atoms with Gasteiger partial charge >= 0.3 is 0 Å². The molecule has 0 amide bonds. The molecule has 0 aliphatic rings. The summed E-state index contributed by atoms with van der Waals surface area (Å²) in [5, 5.41) is 3.46. The second-order valence-electron chi connectivity index (χ2n) is 5.13. The minimum Gasteiger partial charge on any atom is -0.488 e. The summed E-state index contributed by atoms with van der Waals surface area (Å²) in [6.07, 6.45) is 6.58. The molecule has 0 aliphatic carbocycles. The Morgan fingerprint density at radius 3 is 2.63 bits per heavy atom. The van der Waals surface area contributed by atoms with Crippen LogP contribution in [0.3, 0.4) is 0 Å². The van der Waals surface area contributed by atoms with Gasteiger partial charge in [0.15, 0.2) is 0 Å². The van der Waals surface area contributed by atoms with E-state index in [4.69, 9.17) is 4.74 Å². The molecular weight excluding hydrogens is 234 g/mol. The van der Waals surface area contributed by atoms with Crippen LogP contribution < -0.4 is 10.1 Å². The molecule has 1 rings (SSSR count). The fourth-order valence-electron chi connectivity index (χ4n) is 1.98. The van der Waals surface area contributed by atoms with E-state index in [1.807, 2.05) is 31.2 Å². The Labute approximate surface area is 117 Å². The Morgan fingerprint density at radius 1 is 1.26 bits per heavy atom. The zero-order chi connectivity index (χ0) is 14.1. The lowest BCUT2D eigenvalue weighted by atomic mass is 10.1. The van der Waals surface area contributed by atoms with Crippen molar-refractivity contribution in [2.45, 2.75) is 52.7 Å². The number of hydrogen-bond acceptors (Lipinski definition) is 2. The van der Waals surface area contributed by atoms with Crippen molar-refractivity contribution >= 4 is 6.08 Å². The average Bonchev–Trinajstić information content (AvgIpc) is 2.38. The number of rotatable bonds is 8. The second-order valence-corrected chi connectivity index (χ2v) is 5.13. The van der Waals surface area contributed by atoms with Crippen molar-refractivity contribution < 1.29 is 4.74 Å². The molecule has 1 atom stereocenters. The Kier molecular flexibility index (Phi) is 7.27. The molecule has 1 aromatic carbocycles. The van der Waals surface area contributed by atoms with E-state index in [0.717, 1.165) is 30.7 Å². The van der Waals surface area contributed by atoms with Gasteiger partial charge in [0.25, 0.3) is 0 Å². The monoisotopic (exact) mass is 261 g/mol. The maximum Gasteiger partial charge on any atom is 0.126 e. The van der Waals surface area contributed by atoms with Crippen LogP contribution in [0.5, 0.6) is 5.75 Å². The first-order valence-corrected chi connectivity index (χ1v) is 7.29. The standard InChI is InChI=1S/C17H27NO/c1-5-9-15-11-7-8-12-17(15)19-16(10-6-2)13-18-14(3)4/h5,7-9,11-12,14,16,18H,6,10,13H2,1-4H3/b9-5+. The van der Waals surface area contributed by atoms with Gasteiger partial charge in [0.2, 0.25) is 0 Å². The maximum absolute atomic E-state index is 6.18. The van der Waals surface area contributed by atoms with Crippen molar-refractivity contribution in [3.05, 3.63) is 35.9 Å². The van der Waals surface area contributed by atoms with E-state index in [-0.39, 0.29) is 6.10 Å². The molecule has 0 spiro atoms. The van der Waals surface area contributed by atoms with Crippen molar-refractivity contribution in [3.63, 3.8) is 0 Å². The molecule has 0 saturated carbocycles. The molecule has 0 heterocycles. The Bertz CT molecular complexity index is 385. The quantitative estimate of drug-likeness (QED) is 0.754. The molecule has 0 aliphatic heterocycles. The van der Waals surface area contributed by atoms with E-state index in [9.17, 15) is 0 Å². The van der Waals surface area contributed by atoms with Crippen molar-refractivity contribution in [2.75, 3.05) is 6.54 Å². The fourth-order valence-corrected chi connectivity index (χ4v) is 1.98. The smallest absolute Gasteiger partial charge is 0.126 e. The maximum atomic E-state index is 6.18. The van der Waals surface area contributed by atoms with Gasteiger partial charge in [-0.25, -0.2) is 0 Å². The van der Waals surface area contributed by atoms with Crippen LogP contribution in [-0.4, -0.2) is 18.7 Å². The van der Waals surface area contributed by atoms with Gasteiger partial charge in [-0.15, -0.1) is 0 Å². The van der Waals surface area contributed by atoms with Crippen LogP contribution in [0.15, 0.2) is 30.3 Å². The summed E-state index contributed by atoms with van der Waals surface area (Å²) in [6, 6.07) is 8.71. The van der Waals surface area contributed by atoms with E-state index in [1.54, 1.807) is 0 Å². The molecular formula is C17H27NO. The van der Waals surface area contributed by atoms with E-state index in [1.165, 1.54) is 0 Å². The molecule has 2 nitrogen and oxygen atoms in total. The number of allylic oxidation sites excluding steroid dienone is 1. The fraction of sp³-hybridized carbons (Fsp3) is 0.529. The first kappa shape index (κ1) is 15.8. The largest absolute Gasteiger partial charge is 0.488 e.